The van der Waals surface area contributed by atoms with Crippen molar-refractivity contribution in [1.29, 1.82) is 0 Å². The maximum Gasteiger partial charge on any atom is 0.408 e. The third kappa shape index (κ3) is 9.28. The average molecular weight is 258 g/mol. The second kappa shape index (κ2) is 6.98. The van der Waals surface area contributed by atoms with Gasteiger partial charge in [0, 0.05) is 6.54 Å². The summed E-state index contributed by atoms with van der Waals surface area (Å²) in [6.45, 7) is 15.6. The van der Waals surface area contributed by atoms with E-state index in [-0.39, 0.29) is 11.6 Å². The van der Waals surface area contributed by atoms with Gasteiger partial charge in [0.25, 0.3) is 0 Å². The van der Waals surface area contributed by atoms with Crippen LogP contribution in [0.2, 0.25) is 0 Å². The second-order valence-corrected chi connectivity index (χ2v) is 6.66. The van der Waals surface area contributed by atoms with Crippen molar-refractivity contribution >= 4 is 6.09 Å². The molecule has 1 unspecified atom stereocenters. The van der Waals surface area contributed by atoms with Crippen molar-refractivity contribution in [3.05, 3.63) is 0 Å². The third-order valence-electron chi connectivity index (χ3n) is 2.60. The summed E-state index contributed by atoms with van der Waals surface area (Å²) in [5.41, 5.74) is -0.764. The molecule has 0 aliphatic carbocycles. The summed E-state index contributed by atoms with van der Waals surface area (Å²) >= 11 is 0. The highest BCUT2D eigenvalue weighted by Gasteiger charge is 2.24. The largest absolute Gasteiger partial charge is 0.444 e. The molecule has 1 amide bonds. The minimum atomic E-state index is -0.454. The molecule has 0 aromatic rings. The highest BCUT2D eigenvalue weighted by atomic mass is 16.6. The Kier molecular flexibility index (Phi) is 6.68. The lowest BCUT2D eigenvalue weighted by atomic mass is 10.0. The number of hydrogen-bond donors (Lipinski definition) is 2. The van der Waals surface area contributed by atoms with Crippen LogP contribution in [0.1, 0.15) is 54.9 Å². The van der Waals surface area contributed by atoms with Gasteiger partial charge < -0.3 is 15.4 Å². The fraction of sp³-hybridized carbons (Fsp3) is 0.929. The van der Waals surface area contributed by atoms with Crippen LogP contribution in [-0.4, -0.2) is 30.3 Å². The molecule has 0 bridgehead atoms. The molecule has 0 heterocycles. The average Bonchev–Trinajstić information content (AvgIpc) is 2.12. The molecular weight excluding hydrogens is 228 g/mol. The van der Waals surface area contributed by atoms with Crippen LogP contribution in [-0.2, 0) is 4.74 Å². The van der Waals surface area contributed by atoms with Crippen LogP contribution in [0.4, 0.5) is 4.79 Å². The standard InChI is InChI=1S/C14H30N2O2/c1-8-11(2)9-15-10-14(6,7)16-12(17)18-13(3,4)5/h11,15H,8-10H2,1-7H3,(H,16,17). The maximum atomic E-state index is 11.7. The van der Waals surface area contributed by atoms with E-state index in [0.717, 1.165) is 19.5 Å². The Balaban J connectivity index is 4.03. The summed E-state index contributed by atoms with van der Waals surface area (Å²) in [7, 11) is 0. The van der Waals surface area contributed by atoms with E-state index in [1.807, 2.05) is 34.6 Å². The van der Waals surface area contributed by atoms with E-state index < -0.39 is 5.60 Å². The van der Waals surface area contributed by atoms with Gasteiger partial charge in [0.2, 0.25) is 0 Å². The van der Waals surface area contributed by atoms with Crippen molar-refractivity contribution in [2.45, 2.75) is 66.0 Å². The van der Waals surface area contributed by atoms with Crippen molar-refractivity contribution < 1.29 is 9.53 Å². The van der Waals surface area contributed by atoms with Crippen molar-refractivity contribution in [3.8, 4) is 0 Å². The first kappa shape index (κ1) is 17.2. The first-order valence-electron chi connectivity index (χ1n) is 6.77. The van der Waals surface area contributed by atoms with Crippen LogP contribution >= 0.6 is 0 Å². The predicted molar refractivity (Wildman–Crippen MR) is 75.8 cm³/mol. The first-order valence-corrected chi connectivity index (χ1v) is 6.77. The lowest BCUT2D eigenvalue weighted by Crippen LogP contribution is -2.52. The molecule has 108 valence electrons. The van der Waals surface area contributed by atoms with E-state index in [4.69, 9.17) is 4.74 Å². The number of amides is 1. The molecule has 0 aromatic carbocycles. The molecule has 4 nitrogen and oxygen atoms in total. The quantitative estimate of drug-likeness (QED) is 0.770. The first-order chi connectivity index (χ1) is 8.06. The van der Waals surface area contributed by atoms with Crippen LogP contribution < -0.4 is 10.6 Å². The predicted octanol–water partition coefficient (Wildman–Crippen LogP) is 2.93. The zero-order chi connectivity index (χ0) is 14.4. The number of nitrogens with one attached hydrogen (secondary N) is 2. The lowest BCUT2D eigenvalue weighted by molar-refractivity contribution is 0.0472. The van der Waals surface area contributed by atoms with E-state index in [9.17, 15) is 4.79 Å². The summed E-state index contributed by atoms with van der Waals surface area (Å²) < 4.78 is 5.24. The number of hydrogen-bond acceptors (Lipinski definition) is 3. The Labute approximate surface area is 112 Å². The van der Waals surface area contributed by atoms with Gasteiger partial charge in [0.15, 0.2) is 0 Å². The molecule has 0 saturated heterocycles. The summed E-state index contributed by atoms with van der Waals surface area (Å²) in [5.74, 6) is 0.655. The number of ether oxygens (including phenoxy) is 1. The molecule has 0 aliphatic heterocycles. The normalized spacial score (nSPS) is 14.2. The molecule has 0 aliphatic rings. The zero-order valence-corrected chi connectivity index (χ0v) is 13.0. The molecule has 0 fully saturated rings. The Morgan fingerprint density at radius 1 is 1.22 bits per heavy atom. The van der Waals surface area contributed by atoms with Gasteiger partial charge >= 0.3 is 6.09 Å². The van der Waals surface area contributed by atoms with Gasteiger partial charge in [-0.2, -0.15) is 0 Å². The molecule has 4 heteroatoms. The SMILES string of the molecule is CCC(C)CNCC(C)(C)NC(=O)OC(C)(C)C. The van der Waals surface area contributed by atoms with E-state index in [2.05, 4.69) is 24.5 Å². The maximum absolute atomic E-state index is 11.7. The molecule has 0 spiro atoms. The molecule has 2 N–H and O–H groups in total. The fourth-order valence-electron chi connectivity index (χ4n) is 1.40. The van der Waals surface area contributed by atoms with Crippen molar-refractivity contribution in [2.75, 3.05) is 13.1 Å². The van der Waals surface area contributed by atoms with Gasteiger partial charge in [-0.25, -0.2) is 4.79 Å². The number of rotatable bonds is 6. The van der Waals surface area contributed by atoms with Gasteiger partial charge in [-0.15, -0.1) is 0 Å². The highest BCUT2D eigenvalue weighted by Crippen LogP contribution is 2.09. The smallest absolute Gasteiger partial charge is 0.408 e. The van der Waals surface area contributed by atoms with E-state index in [1.165, 1.54) is 0 Å². The molecule has 0 aromatic heterocycles. The van der Waals surface area contributed by atoms with Gasteiger partial charge in [0.05, 0.1) is 5.54 Å². The zero-order valence-electron chi connectivity index (χ0n) is 13.0. The van der Waals surface area contributed by atoms with Crippen molar-refractivity contribution in [1.82, 2.24) is 10.6 Å². The monoisotopic (exact) mass is 258 g/mol. The van der Waals surface area contributed by atoms with Gasteiger partial charge in [0.1, 0.15) is 5.60 Å². The van der Waals surface area contributed by atoms with Gasteiger partial charge in [-0.05, 0) is 47.1 Å². The molecule has 1 atom stereocenters. The van der Waals surface area contributed by atoms with Gasteiger partial charge in [-0.1, -0.05) is 20.3 Å². The van der Waals surface area contributed by atoms with E-state index in [0.29, 0.717) is 5.92 Å². The van der Waals surface area contributed by atoms with Crippen LogP contribution in [0.5, 0.6) is 0 Å². The molecule has 0 rings (SSSR count). The van der Waals surface area contributed by atoms with E-state index >= 15 is 0 Å². The molecule has 0 radical (unpaired) electrons. The van der Waals surface area contributed by atoms with Crippen molar-refractivity contribution in [2.24, 2.45) is 5.92 Å². The summed E-state index contributed by atoms with van der Waals surface area (Å²) in [5, 5.41) is 6.26. The van der Waals surface area contributed by atoms with E-state index in [1.54, 1.807) is 0 Å². The Morgan fingerprint density at radius 2 is 1.78 bits per heavy atom. The second-order valence-electron chi connectivity index (χ2n) is 6.66. The Hall–Kier alpha value is -0.770. The minimum absolute atomic E-state index is 0.310. The Bertz CT molecular complexity index is 257. The number of carbonyl (C=O) groups is 1. The number of alkyl carbamates (subject to hydrolysis) is 1. The topological polar surface area (TPSA) is 50.4 Å². The summed E-state index contributed by atoms with van der Waals surface area (Å²) in [6, 6.07) is 0. The summed E-state index contributed by atoms with van der Waals surface area (Å²) in [6.07, 6.45) is 0.797. The molecule has 0 saturated carbocycles. The minimum Gasteiger partial charge on any atom is -0.444 e. The fourth-order valence-corrected chi connectivity index (χ4v) is 1.40. The highest BCUT2D eigenvalue weighted by molar-refractivity contribution is 5.68. The molecular formula is C14H30N2O2. The lowest BCUT2D eigenvalue weighted by Gasteiger charge is -2.29. The van der Waals surface area contributed by atoms with Crippen LogP contribution in [0.3, 0.4) is 0 Å². The Morgan fingerprint density at radius 3 is 2.22 bits per heavy atom. The number of carbonyl (C=O) groups excluding carboxylic acids is 1. The third-order valence-corrected chi connectivity index (χ3v) is 2.60. The van der Waals surface area contributed by atoms with Crippen molar-refractivity contribution in [3.63, 3.8) is 0 Å². The van der Waals surface area contributed by atoms with Crippen LogP contribution in [0, 0.1) is 5.92 Å². The van der Waals surface area contributed by atoms with Crippen LogP contribution in [0.15, 0.2) is 0 Å². The van der Waals surface area contributed by atoms with Crippen LogP contribution in [0.25, 0.3) is 0 Å². The summed E-state index contributed by atoms with van der Waals surface area (Å²) in [4.78, 5) is 11.7. The van der Waals surface area contributed by atoms with Gasteiger partial charge in [-0.3, -0.25) is 0 Å². The molecule has 18 heavy (non-hydrogen) atoms.